The third kappa shape index (κ3) is 4.01. The molecule has 0 unspecified atom stereocenters. The van der Waals surface area contributed by atoms with Crippen LogP contribution in [0.15, 0.2) is 36.4 Å². The van der Waals surface area contributed by atoms with E-state index < -0.39 is 0 Å². The van der Waals surface area contributed by atoms with Gasteiger partial charge in [0.05, 0.1) is 0 Å². The molecular weight excluding hydrogens is 326 g/mol. The fraction of sp³-hybridized carbons (Fsp3) is 0.353. The SMILES string of the molecule is CCN(CC)c1cc(C)nc2nc(Cc3ccccc3)nn12.Cl.O. The number of nitrogens with zero attached hydrogens (tertiary/aromatic N) is 5. The lowest BCUT2D eigenvalue weighted by atomic mass is 10.1. The Morgan fingerprint density at radius 2 is 1.71 bits per heavy atom. The van der Waals surface area contributed by atoms with Gasteiger partial charge in [-0.25, -0.2) is 4.98 Å². The van der Waals surface area contributed by atoms with Gasteiger partial charge >= 0.3 is 0 Å². The zero-order valence-electron chi connectivity index (χ0n) is 14.2. The van der Waals surface area contributed by atoms with Crippen molar-refractivity contribution in [2.45, 2.75) is 27.2 Å². The normalized spacial score (nSPS) is 10.1. The Hall–Kier alpha value is -2.18. The Morgan fingerprint density at radius 1 is 1.04 bits per heavy atom. The average molecular weight is 350 g/mol. The van der Waals surface area contributed by atoms with E-state index in [1.807, 2.05) is 29.6 Å². The maximum atomic E-state index is 4.67. The van der Waals surface area contributed by atoms with Crippen molar-refractivity contribution in [2.75, 3.05) is 18.0 Å². The van der Waals surface area contributed by atoms with Crippen molar-refractivity contribution in [2.24, 2.45) is 0 Å². The molecule has 0 bridgehead atoms. The summed E-state index contributed by atoms with van der Waals surface area (Å²) >= 11 is 0. The molecule has 0 atom stereocenters. The molecular formula is C17H24ClN5O. The molecule has 0 saturated carbocycles. The Morgan fingerprint density at radius 3 is 2.33 bits per heavy atom. The summed E-state index contributed by atoms with van der Waals surface area (Å²) in [5, 5.41) is 4.67. The van der Waals surface area contributed by atoms with Crippen LogP contribution in [-0.2, 0) is 6.42 Å². The number of hydrogen-bond acceptors (Lipinski definition) is 4. The quantitative estimate of drug-likeness (QED) is 0.708. The van der Waals surface area contributed by atoms with E-state index in [1.54, 1.807) is 0 Å². The number of fused-ring (bicyclic) bond motifs is 1. The topological polar surface area (TPSA) is 77.8 Å². The van der Waals surface area contributed by atoms with Gasteiger partial charge in [-0.05, 0) is 26.3 Å². The zero-order chi connectivity index (χ0) is 15.5. The maximum absolute atomic E-state index is 4.67. The molecule has 0 aliphatic rings. The number of hydrogen-bond donors (Lipinski definition) is 0. The number of benzene rings is 1. The number of anilines is 1. The molecule has 2 aromatic heterocycles. The van der Waals surface area contributed by atoms with Crippen LogP contribution in [0.3, 0.4) is 0 Å². The summed E-state index contributed by atoms with van der Waals surface area (Å²) in [5.74, 6) is 2.53. The molecule has 1 aromatic carbocycles. The minimum Gasteiger partial charge on any atom is -0.412 e. The largest absolute Gasteiger partial charge is 0.412 e. The van der Waals surface area contributed by atoms with Gasteiger partial charge in [0.2, 0.25) is 0 Å². The smallest absolute Gasteiger partial charge is 0.254 e. The highest BCUT2D eigenvalue weighted by molar-refractivity contribution is 5.85. The first-order valence-electron chi connectivity index (χ1n) is 7.73. The van der Waals surface area contributed by atoms with Crippen LogP contribution in [0.5, 0.6) is 0 Å². The maximum Gasteiger partial charge on any atom is 0.254 e. The molecule has 2 heterocycles. The number of halogens is 1. The molecule has 0 aliphatic heterocycles. The highest BCUT2D eigenvalue weighted by atomic mass is 35.5. The van der Waals surface area contributed by atoms with Gasteiger partial charge in [0.25, 0.3) is 5.78 Å². The standard InChI is InChI=1S/C17H21N5.ClH.H2O/c1-4-21(5-2)16-11-13(3)18-17-19-15(20-22(16)17)12-14-9-7-6-8-10-14;;/h6-11H,4-5,12H2,1-3H3;1H;1H2. The van der Waals surface area contributed by atoms with Gasteiger partial charge in [0.15, 0.2) is 5.82 Å². The number of aryl methyl sites for hydroxylation is 1. The number of rotatable bonds is 5. The van der Waals surface area contributed by atoms with E-state index in [2.05, 4.69) is 52.0 Å². The Bertz CT molecular complexity index is 771. The summed E-state index contributed by atoms with van der Waals surface area (Å²) in [6, 6.07) is 12.3. The molecule has 24 heavy (non-hydrogen) atoms. The minimum atomic E-state index is 0. The van der Waals surface area contributed by atoms with E-state index in [-0.39, 0.29) is 17.9 Å². The van der Waals surface area contributed by atoms with Crippen LogP contribution >= 0.6 is 12.4 Å². The van der Waals surface area contributed by atoms with Crippen LogP contribution < -0.4 is 4.90 Å². The molecule has 0 saturated heterocycles. The lowest BCUT2D eigenvalue weighted by Crippen LogP contribution is -2.25. The van der Waals surface area contributed by atoms with E-state index in [0.717, 1.165) is 36.8 Å². The second-order valence-corrected chi connectivity index (χ2v) is 5.33. The molecule has 3 aromatic rings. The van der Waals surface area contributed by atoms with Crippen molar-refractivity contribution >= 4 is 24.0 Å². The zero-order valence-corrected chi connectivity index (χ0v) is 15.0. The highest BCUT2D eigenvalue weighted by Gasteiger charge is 2.13. The summed E-state index contributed by atoms with van der Waals surface area (Å²) in [6.07, 6.45) is 0.723. The van der Waals surface area contributed by atoms with Crippen molar-refractivity contribution in [3.05, 3.63) is 53.5 Å². The molecule has 0 amide bonds. The lowest BCUT2D eigenvalue weighted by Gasteiger charge is -2.21. The molecule has 0 aliphatic carbocycles. The fourth-order valence-electron chi connectivity index (χ4n) is 2.64. The van der Waals surface area contributed by atoms with Gasteiger partial charge in [-0.3, -0.25) is 0 Å². The van der Waals surface area contributed by atoms with Crippen molar-refractivity contribution < 1.29 is 5.48 Å². The van der Waals surface area contributed by atoms with E-state index >= 15 is 0 Å². The second kappa shape index (κ2) is 8.61. The predicted octanol–water partition coefficient (Wildman–Crippen LogP) is 2.47. The van der Waals surface area contributed by atoms with Crippen LogP contribution in [0.25, 0.3) is 5.78 Å². The van der Waals surface area contributed by atoms with Gasteiger partial charge in [0, 0.05) is 31.3 Å². The first-order valence-corrected chi connectivity index (χ1v) is 7.73. The van der Waals surface area contributed by atoms with Crippen molar-refractivity contribution in [3.63, 3.8) is 0 Å². The van der Waals surface area contributed by atoms with Gasteiger partial charge in [-0.15, -0.1) is 17.5 Å². The van der Waals surface area contributed by atoms with Crippen molar-refractivity contribution in [1.82, 2.24) is 19.6 Å². The van der Waals surface area contributed by atoms with Crippen LogP contribution in [0.2, 0.25) is 0 Å². The van der Waals surface area contributed by atoms with Gasteiger partial charge in [0.1, 0.15) is 5.82 Å². The first-order chi connectivity index (χ1) is 10.7. The second-order valence-electron chi connectivity index (χ2n) is 5.33. The molecule has 3 rings (SSSR count). The van der Waals surface area contributed by atoms with Crippen molar-refractivity contribution in [3.8, 4) is 0 Å². The third-order valence-electron chi connectivity index (χ3n) is 3.76. The molecule has 2 N–H and O–H groups in total. The predicted molar refractivity (Wildman–Crippen MR) is 99.2 cm³/mol. The molecule has 0 spiro atoms. The van der Waals surface area contributed by atoms with Crippen LogP contribution in [0, 0.1) is 6.92 Å². The minimum absolute atomic E-state index is 0. The van der Waals surface area contributed by atoms with Gasteiger partial charge in [-0.2, -0.15) is 9.50 Å². The molecule has 7 heteroatoms. The average Bonchev–Trinajstić information content (AvgIpc) is 2.91. The van der Waals surface area contributed by atoms with Crippen molar-refractivity contribution in [1.29, 1.82) is 0 Å². The van der Waals surface area contributed by atoms with E-state index in [0.29, 0.717) is 5.78 Å². The monoisotopic (exact) mass is 349 g/mol. The first kappa shape index (κ1) is 19.9. The molecule has 0 radical (unpaired) electrons. The summed E-state index contributed by atoms with van der Waals surface area (Å²) < 4.78 is 1.86. The Balaban J connectivity index is 0.00000144. The van der Waals surface area contributed by atoms with E-state index in [4.69, 9.17) is 0 Å². The Kier molecular flexibility index (Phi) is 7.13. The third-order valence-corrected chi connectivity index (χ3v) is 3.76. The van der Waals surface area contributed by atoms with Gasteiger partial charge < -0.3 is 10.4 Å². The lowest BCUT2D eigenvalue weighted by molar-refractivity contribution is 0.788. The van der Waals surface area contributed by atoms with E-state index in [1.165, 1.54) is 5.56 Å². The van der Waals surface area contributed by atoms with Crippen LogP contribution in [-0.4, -0.2) is 38.1 Å². The Labute approximate surface area is 148 Å². The van der Waals surface area contributed by atoms with Gasteiger partial charge in [-0.1, -0.05) is 30.3 Å². The van der Waals surface area contributed by atoms with E-state index in [9.17, 15) is 0 Å². The number of aromatic nitrogens is 4. The summed E-state index contributed by atoms with van der Waals surface area (Å²) in [6.45, 7) is 8.16. The summed E-state index contributed by atoms with van der Waals surface area (Å²) in [7, 11) is 0. The molecule has 130 valence electrons. The van der Waals surface area contributed by atoms with Crippen LogP contribution in [0.4, 0.5) is 5.82 Å². The molecule has 6 nitrogen and oxygen atoms in total. The summed E-state index contributed by atoms with van der Waals surface area (Å²) in [5.41, 5.74) is 2.17. The fourth-order valence-corrected chi connectivity index (χ4v) is 2.64. The van der Waals surface area contributed by atoms with Crippen LogP contribution in [0.1, 0.15) is 30.9 Å². The highest BCUT2D eigenvalue weighted by Crippen LogP contribution is 2.17. The summed E-state index contributed by atoms with van der Waals surface area (Å²) in [4.78, 5) is 11.4. The molecule has 0 fully saturated rings.